The second-order valence-corrected chi connectivity index (χ2v) is 2.75. The lowest BCUT2D eigenvalue weighted by Gasteiger charge is -2.00. The Morgan fingerprint density at radius 2 is 2.40 bits per heavy atom. The van der Waals surface area contributed by atoms with Crippen molar-refractivity contribution in [2.75, 3.05) is 13.2 Å². The Kier molecular flexibility index (Phi) is 4.32. The third kappa shape index (κ3) is 3.41. The molecule has 1 heterocycles. The van der Waals surface area contributed by atoms with Gasteiger partial charge in [-0.15, -0.1) is 0 Å². The van der Waals surface area contributed by atoms with Gasteiger partial charge in [0.1, 0.15) is 12.3 Å². The van der Waals surface area contributed by atoms with E-state index in [1.165, 1.54) is 6.20 Å². The van der Waals surface area contributed by atoms with Crippen molar-refractivity contribution in [1.29, 1.82) is 0 Å². The van der Waals surface area contributed by atoms with Crippen LogP contribution in [0.25, 0.3) is 0 Å². The summed E-state index contributed by atoms with van der Waals surface area (Å²) in [4.78, 5) is 15.3. The molecule has 0 aromatic carbocycles. The summed E-state index contributed by atoms with van der Waals surface area (Å²) in [5.74, 6) is 5.01. The van der Waals surface area contributed by atoms with Gasteiger partial charge in [0.05, 0.1) is 0 Å². The van der Waals surface area contributed by atoms with Gasteiger partial charge in [0.25, 0.3) is 5.91 Å². The molecule has 1 amide bonds. The molecule has 0 aliphatic carbocycles. The highest BCUT2D eigenvalue weighted by molar-refractivity contribution is 5.92. The lowest BCUT2D eigenvalue weighted by atomic mass is 10.2. The van der Waals surface area contributed by atoms with Crippen LogP contribution in [0, 0.1) is 11.8 Å². The summed E-state index contributed by atoms with van der Waals surface area (Å²) in [6, 6.07) is 3.30. The fraction of sp³-hybridized carbons (Fsp3) is 0.273. The zero-order valence-corrected chi connectivity index (χ0v) is 8.45. The van der Waals surface area contributed by atoms with Crippen molar-refractivity contribution < 1.29 is 9.90 Å². The Morgan fingerprint density at radius 1 is 1.60 bits per heavy atom. The van der Waals surface area contributed by atoms with Gasteiger partial charge in [-0.05, 0) is 19.1 Å². The third-order valence-electron chi connectivity index (χ3n) is 1.65. The average Bonchev–Trinajstić information content (AvgIpc) is 2.27. The molecule has 1 aromatic heterocycles. The van der Waals surface area contributed by atoms with E-state index < -0.39 is 0 Å². The monoisotopic (exact) mass is 204 g/mol. The second kappa shape index (κ2) is 5.78. The SMILES string of the molecule is CCNC(=O)c1ccc(C#CCO)cn1. The third-order valence-corrected chi connectivity index (χ3v) is 1.65. The summed E-state index contributed by atoms with van der Waals surface area (Å²) in [5, 5.41) is 11.1. The van der Waals surface area contributed by atoms with E-state index in [4.69, 9.17) is 5.11 Å². The van der Waals surface area contributed by atoms with Gasteiger partial charge in [-0.2, -0.15) is 0 Å². The van der Waals surface area contributed by atoms with Crippen LogP contribution in [0.3, 0.4) is 0 Å². The zero-order chi connectivity index (χ0) is 11.1. The first-order valence-corrected chi connectivity index (χ1v) is 4.62. The maximum absolute atomic E-state index is 11.3. The molecule has 15 heavy (non-hydrogen) atoms. The predicted octanol–water partition coefficient (Wildman–Crippen LogP) is 0.175. The number of carbonyl (C=O) groups excluding carboxylic acids is 1. The first-order chi connectivity index (χ1) is 7.27. The quantitative estimate of drug-likeness (QED) is 0.675. The van der Waals surface area contributed by atoms with Gasteiger partial charge in [0.15, 0.2) is 0 Å². The van der Waals surface area contributed by atoms with Gasteiger partial charge >= 0.3 is 0 Å². The number of pyridine rings is 1. The lowest BCUT2D eigenvalue weighted by molar-refractivity contribution is 0.0951. The number of amides is 1. The molecule has 0 aliphatic heterocycles. The number of aliphatic hydroxyl groups excluding tert-OH is 1. The van der Waals surface area contributed by atoms with Crippen LogP contribution in [0.4, 0.5) is 0 Å². The highest BCUT2D eigenvalue weighted by atomic mass is 16.2. The van der Waals surface area contributed by atoms with E-state index in [1.807, 2.05) is 6.92 Å². The van der Waals surface area contributed by atoms with Crippen LogP contribution in [0.1, 0.15) is 23.0 Å². The maximum atomic E-state index is 11.3. The number of carbonyl (C=O) groups is 1. The van der Waals surface area contributed by atoms with Crippen LogP contribution in [0.2, 0.25) is 0 Å². The van der Waals surface area contributed by atoms with Gasteiger partial charge in [0, 0.05) is 18.3 Å². The standard InChI is InChI=1S/C11H12N2O2/c1-2-12-11(15)10-6-5-9(8-13-10)4-3-7-14/h5-6,8,14H,2,7H2,1H3,(H,12,15). The Bertz CT molecular complexity index is 387. The summed E-state index contributed by atoms with van der Waals surface area (Å²) in [5.41, 5.74) is 1.04. The van der Waals surface area contributed by atoms with Crippen LogP contribution in [0.5, 0.6) is 0 Å². The van der Waals surface area contributed by atoms with Crippen molar-refractivity contribution in [3.05, 3.63) is 29.6 Å². The maximum Gasteiger partial charge on any atom is 0.269 e. The predicted molar refractivity (Wildman–Crippen MR) is 56.2 cm³/mol. The number of hydrogen-bond acceptors (Lipinski definition) is 3. The number of aliphatic hydroxyl groups is 1. The Labute approximate surface area is 88.3 Å². The summed E-state index contributed by atoms with van der Waals surface area (Å²) < 4.78 is 0. The highest BCUT2D eigenvalue weighted by Gasteiger charge is 2.03. The molecule has 78 valence electrons. The molecular weight excluding hydrogens is 192 g/mol. The number of aromatic nitrogens is 1. The topological polar surface area (TPSA) is 62.2 Å². The fourth-order valence-corrected chi connectivity index (χ4v) is 0.995. The van der Waals surface area contributed by atoms with E-state index in [2.05, 4.69) is 22.1 Å². The minimum absolute atomic E-state index is 0.182. The summed E-state index contributed by atoms with van der Waals surface area (Å²) in [6.45, 7) is 2.24. The molecule has 0 radical (unpaired) electrons. The summed E-state index contributed by atoms with van der Waals surface area (Å²) in [6.07, 6.45) is 1.51. The van der Waals surface area contributed by atoms with Crippen molar-refractivity contribution in [3.63, 3.8) is 0 Å². The van der Waals surface area contributed by atoms with Crippen LogP contribution < -0.4 is 5.32 Å². The van der Waals surface area contributed by atoms with Gasteiger partial charge in [-0.25, -0.2) is 4.98 Å². The second-order valence-electron chi connectivity index (χ2n) is 2.75. The Balaban J connectivity index is 2.76. The molecule has 0 saturated heterocycles. The van der Waals surface area contributed by atoms with Gasteiger partial charge in [-0.1, -0.05) is 11.8 Å². The number of hydrogen-bond donors (Lipinski definition) is 2. The minimum atomic E-state index is -0.195. The lowest BCUT2D eigenvalue weighted by Crippen LogP contribution is -2.23. The fourth-order valence-electron chi connectivity index (χ4n) is 0.995. The molecule has 0 atom stereocenters. The number of rotatable bonds is 2. The molecule has 1 rings (SSSR count). The first kappa shape index (κ1) is 11.2. The smallest absolute Gasteiger partial charge is 0.269 e. The van der Waals surface area contributed by atoms with E-state index in [-0.39, 0.29) is 12.5 Å². The van der Waals surface area contributed by atoms with E-state index in [0.29, 0.717) is 17.8 Å². The van der Waals surface area contributed by atoms with E-state index >= 15 is 0 Å². The highest BCUT2D eigenvalue weighted by Crippen LogP contribution is 1.98. The van der Waals surface area contributed by atoms with Crippen molar-refractivity contribution in [2.24, 2.45) is 0 Å². The molecule has 4 nitrogen and oxygen atoms in total. The number of nitrogens with zero attached hydrogens (tertiary/aromatic N) is 1. The van der Waals surface area contributed by atoms with Crippen LogP contribution in [-0.4, -0.2) is 29.1 Å². The molecule has 0 fully saturated rings. The molecule has 0 unspecified atom stereocenters. The molecule has 0 saturated carbocycles. The molecule has 0 bridgehead atoms. The molecular formula is C11H12N2O2. The van der Waals surface area contributed by atoms with Crippen LogP contribution in [0.15, 0.2) is 18.3 Å². The molecule has 2 N–H and O–H groups in total. The van der Waals surface area contributed by atoms with E-state index in [1.54, 1.807) is 12.1 Å². The van der Waals surface area contributed by atoms with Crippen molar-refractivity contribution >= 4 is 5.91 Å². The molecule has 4 heteroatoms. The van der Waals surface area contributed by atoms with Crippen molar-refractivity contribution in [1.82, 2.24) is 10.3 Å². The number of nitrogens with one attached hydrogen (secondary N) is 1. The van der Waals surface area contributed by atoms with E-state index in [0.717, 1.165) is 0 Å². The molecule has 0 aliphatic rings. The average molecular weight is 204 g/mol. The van der Waals surface area contributed by atoms with Crippen LogP contribution >= 0.6 is 0 Å². The zero-order valence-electron chi connectivity index (χ0n) is 8.45. The summed E-state index contributed by atoms with van der Waals surface area (Å²) in [7, 11) is 0. The van der Waals surface area contributed by atoms with Gasteiger partial charge in [0.2, 0.25) is 0 Å². The van der Waals surface area contributed by atoms with E-state index in [9.17, 15) is 4.79 Å². The summed E-state index contributed by atoms with van der Waals surface area (Å²) >= 11 is 0. The normalized spacial score (nSPS) is 8.93. The minimum Gasteiger partial charge on any atom is -0.384 e. The largest absolute Gasteiger partial charge is 0.384 e. The van der Waals surface area contributed by atoms with Crippen LogP contribution in [-0.2, 0) is 0 Å². The van der Waals surface area contributed by atoms with Gasteiger partial charge in [-0.3, -0.25) is 4.79 Å². The Hall–Kier alpha value is -1.86. The van der Waals surface area contributed by atoms with Crippen molar-refractivity contribution in [2.45, 2.75) is 6.92 Å². The molecule has 0 spiro atoms. The molecule has 1 aromatic rings. The first-order valence-electron chi connectivity index (χ1n) is 4.62. The van der Waals surface area contributed by atoms with Gasteiger partial charge < -0.3 is 10.4 Å². The van der Waals surface area contributed by atoms with Crippen molar-refractivity contribution in [3.8, 4) is 11.8 Å². The Morgan fingerprint density at radius 3 is 2.93 bits per heavy atom.